The van der Waals surface area contributed by atoms with Crippen LogP contribution < -0.4 is 10.1 Å². The molecule has 1 aromatic heterocycles. The summed E-state index contributed by atoms with van der Waals surface area (Å²) >= 11 is 6.09. The smallest absolute Gasteiger partial charge is 0.387 e. The summed E-state index contributed by atoms with van der Waals surface area (Å²) in [6.45, 7) is 0.717. The first-order valence-electron chi connectivity index (χ1n) is 9.25. The first-order chi connectivity index (χ1) is 14.7. The van der Waals surface area contributed by atoms with Gasteiger partial charge in [0.1, 0.15) is 11.6 Å². The van der Waals surface area contributed by atoms with Gasteiger partial charge >= 0.3 is 6.61 Å². The SMILES string of the molecule is Cc1nn(Cc2c(F)cccc2Cl)c(C)c1NC(=O)/C=C\c1ccc(OC(F)F)cc1. The van der Waals surface area contributed by atoms with Gasteiger partial charge in [-0.2, -0.15) is 13.9 Å². The zero-order chi connectivity index (χ0) is 22.5. The highest BCUT2D eigenvalue weighted by Gasteiger charge is 2.16. The number of benzene rings is 2. The highest BCUT2D eigenvalue weighted by molar-refractivity contribution is 6.31. The molecule has 1 amide bonds. The van der Waals surface area contributed by atoms with Gasteiger partial charge in [-0.05, 0) is 49.8 Å². The van der Waals surface area contributed by atoms with Crippen molar-refractivity contribution in [1.82, 2.24) is 9.78 Å². The predicted molar refractivity (Wildman–Crippen MR) is 113 cm³/mol. The molecule has 1 heterocycles. The summed E-state index contributed by atoms with van der Waals surface area (Å²) in [6.07, 6.45) is 2.85. The van der Waals surface area contributed by atoms with Crippen molar-refractivity contribution in [2.75, 3.05) is 5.32 Å². The van der Waals surface area contributed by atoms with Crippen molar-refractivity contribution in [2.24, 2.45) is 0 Å². The van der Waals surface area contributed by atoms with E-state index in [1.807, 2.05) is 0 Å². The lowest BCUT2D eigenvalue weighted by Gasteiger charge is -2.08. The van der Waals surface area contributed by atoms with E-state index in [-0.39, 0.29) is 12.3 Å². The van der Waals surface area contributed by atoms with Gasteiger partial charge in [-0.15, -0.1) is 0 Å². The zero-order valence-corrected chi connectivity index (χ0v) is 17.5. The predicted octanol–water partition coefficient (Wildman–Crippen LogP) is 5.59. The minimum absolute atomic E-state index is 0.0326. The fourth-order valence-electron chi connectivity index (χ4n) is 2.96. The molecular formula is C22H19ClF3N3O2. The topological polar surface area (TPSA) is 56.2 Å². The number of hydrogen-bond acceptors (Lipinski definition) is 3. The van der Waals surface area contributed by atoms with Gasteiger partial charge in [0.2, 0.25) is 5.91 Å². The molecule has 0 aliphatic rings. The third kappa shape index (κ3) is 5.67. The van der Waals surface area contributed by atoms with Gasteiger partial charge in [0, 0.05) is 16.7 Å². The monoisotopic (exact) mass is 449 g/mol. The Kier molecular flexibility index (Phi) is 7.02. The number of carbonyl (C=O) groups excluding carboxylic acids is 1. The molecule has 0 aliphatic heterocycles. The Hall–Kier alpha value is -3.26. The number of aromatic nitrogens is 2. The van der Waals surface area contributed by atoms with Crippen LogP contribution in [0.1, 0.15) is 22.5 Å². The molecule has 0 saturated carbocycles. The number of hydrogen-bond donors (Lipinski definition) is 1. The lowest BCUT2D eigenvalue weighted by atomic mass is 10.2. The van der Waals surface area contributed by atoms with Crippen LogP contribution in [0.4, 0.5) is 18.9 Å². The molecule has 0 fully saturated rings. The Morgan fingerprint density at radius 1 is 1.23 bits per heavy atom. The van der Waals surface area contributed by atoms with Crippen LogP contribution in [-0.2, 0) is 11.3 Å². The second kappa shape index (κ2) is 9.70. The lowest BCUT2D eigenvalue weighted by molar-refractivity contribution is -0.111. The van der Waals surface area contributed by atoms with Crippen molar-refractivity contribution in [3.8, 4) is 5.75 Å². The molecule has 5 nitrogen and oxygen atoms in total. The van der Waals surface area contributed by atoms with Crippen LogP contribution in [0.15, 0.2) is 48.5 Å². The maximum absolute atomic E-state index is 14.1. The Bertz CT molecular complexity index is 1090. The van der Waals surface area contributed by atoms with E-state index >= 15 is 0 Å². The quantitative estimate of drug-likeness (QED) is 0.478. The highest BCUT2D eigenvalue weighted by Crippen LogP contribution is 2.24. The lowest BCUT2D eigenvalue weighted by Crippen LogP contribution is -2.10. The third-order valence-corrected chi connectivity index (χ3v) is 4.89. The van der Waals surface area contributed by atoms with Crippen LogP contribution in [-0.4, -0.2) is 22.3 Å². The minimum Gasteiger partial charge on any atom is -0.435 e. The number of carbonyl (C=O) groups is 1. The first-order valence-corrected chi connectivity index (χ1v) is 9.63. The molecule has 0 aliphatic carbocycles. The summed E-state index contributed by atoms with van der Waals surface area (Å²) in [5.74, 6) is -0.800. The molecule has 0 saturated heterocycles. The molecule has 162 valence electrons. The highest BCUT2D eigenvalue weighted by atomic mass is 35.5. The number of aryl methyl sites for hydroxylation is 1. The second-order valence-corrected chi connectivity index (χ2v) is 7.08. The average Bonchev–Trinajstić information content (AvgIpc) is 2.97. The maximum atomic E-state index is 14.1. The van der Waals surface area contributed by atoms with E-state index in [2.05, 4.69) is 15.2 Å². The maximum Gasteiger partial charge on any atom is 0.387 e. The summed E-state index contributed by atoms with van der Waals surface area (Å²) in [7, 11) is 0. The van der Waals surface area contributed by atoms with Crippen molar-refractivity contribution in [2.45, 2.75) is 27.0 Å². The number of rotatable bonds is 7. The van der Waals surface area contributed by atoms with Crippen molar-refractivity contribution in [3.63, 3.8) is 0 Å². The van der Waals surface area contributed by atoms with Gasteiger partial charge < -0.3 is 10.1 Å². The summed E-state index contributed by atoms with van der Waals surface area (Å²) in [6, 6.07) is 10.3. The van der Waals surface area contributed by atoms with Gasteiger partial charge in [0.05, 0.1) is 23.6 Å². The number of ether oxygens (including phenoxy) is 1. The standard InChI is InChI=1S/C22H19ClF3N3O2/c1-13-21(14(2)29(28-13)12-17-18(23)4-3-5-19(17)24)27-20(30)11-8-15-6-9-16(10-7-15)31-22(25)26/h3-11,22H,12H2,1-2H3,(H,27,30)/b11-8-. The van der Waals surface area contributed by atoms with Crippen LogP contribution in [0.3, 0.4) is 0 Å². The molecule has 1 N–H and O–H groups in total. The Balaban J connectivity index is 1.70. The first kappa shape index (κ1) is 22.4. The summed E-state index contributed by atoms with van der Waals surface area (Å²) in [4.78, 5) is 12.3. The molecule has 3 aromatic rings. The number of nitrogens with zero attached hydrogens (tertiary/aromatic N) is 2. The number of anilines is 1. The van der Waals surface area contributed by atoms with Crippen LogP contribution in [0.2, 0.25) is 5.02 Å². The number of halogens is 4. The fraction of sp³-hybridized carbons (Fsp3) is 0.182. The van der Waals surface area contributed by atoms with Crippen molar-refractivity contribution in [1.29, 1.82) is 0 Å². The van der Waals surface area contributed by atoms with E-state index in [1.54, 1.807) is 36.7 Å². The molecule has 0 spiro atoms. The van der Waals surface area contributed by atoms with E-state index in [4.69, 9.17) is 11.6 Å². The Morgan fingerprint density at radius 3 is 2.58 bits per heavy atom. The molecule has 9 heteroatoms. The second-order valence-electron chi connectivity index (χ2n) is 6.67. The van der Waals surface area contributed by atoms with Crippen LogP contribution in [0, 0.1) is 19.7 Å². The number of nitrogens with one attached hydrogen (secondary N) is 1. The molecule has 3 rings (SSSR count). The van der Waals surface area contributed by atoms with Gasteiger partial charge in [0.15, 0.2) is 0 Å². The fourth-order valence-corrected chi connectivity index (χ4v) is 3.18. The van der Waals surface area contributed by atoms with Crippen molar-refractivity contribution < 1.29 is 22.7 Å². The molecule has 2 aromatic carbocycles. The largest absolute Gasteiger partial charge is 0.435 e. The van der Waals surface area contributed by atoms with E-state index < -0.39 is 18.3 Å². The molecule has 0 unspecified atom stereocenters. The van der Waals surface area contributed by atoms with E-state index in [9.17, 15) is 18.0 Å². The van der Waals surface area contributed by atoms with E-state index in [1.165, 1.54) is 36.4 Å². The Morgan fingerprint density at radius 2 is 1.94 bits per heavy atom. The van der Waals surface area contributed by atoms with Gasteiger partial charge in [0.25, 0.3) is 0 Å². The molecule has 0 bridgehead atoms. The number of alkyl halides is 2. The van der Waals surface area contributed by atoms with Crippen molar-refractivity contribution >= 4 is 29.3 Å². The van der Waals surface area contributed by atoms with Gasteiger partial charge in [-0.25, -0.2) is 4.39 Å². The molecular weight excluding hydrogens is 431 g/mol. The Labute approximate surface area is 182 Å². The van der Waals surface area contributed by atoms with Crippen LogP contribution in [0.5, 0.6) is 5.75 Å². The summed E-state index contributed by atoms with van der Waals surface area (Å²) in [5, 5.41) is 7.43. The molecule has 31 heavy (non-hydrogen) atoms. The van der Waals surface area contributed by atoms with Gasteiger partial charge in [-0.3, -0.25) is 9.48 Å². The normalized spacial score (nSPS) is 11.3. The summed E-state index contributed by atoms with van der Waals surface area (Å²) < 4.78 is 44.3. The van der Waals surface area contributed by atoms with Crippen LogP contribution in [0.25, 0.3) is 6.08 Å². The van der Waals surface area contributed by atoms with Gasteiger partial charge in [-0.1, -0.05) is 29.8 Å². The zero-order valence-electron chi connectivity index (χ0n) is 16.7. The molecule has 0 radical (unpaired) electrons. The summed E-state index contributed by atoms with van der Waals surface area (Å²) in [5.41, 5.74) is 2.68. The minimum atomic E-state index is -2.89. The molecule has 0 atom stereocenters. The average molecular weight is 450 g/mol. The number of amides is 1. The van der Waals surface area contributed by atoms with Crippen LogP contribution >= 0.6 is 11.6 Å². The van der Waals surface area contributed by atoms with E-state index in [0.29, 0.717) is 33.2 Å². The van der Waals surface area contributed by atoms with Crippen molar-refractivity contribution in [3.05, 3.63) is 81.9 Å². The third-order valence-electron chi connectivity index (χ3n) is 4.53. The van der Waals surface area contributed by atoms with E-state index in [0.717, 1.165) is 0 Å².